The molecular weight excluding hydrogens is 520 g/mol. The van der Waals surface area contributed by atoms with Crippen LogP contribution in [-0.4, -0.2) is 59.3 Å². The first-order valence-electron chi connectivity index (χ1n) is 13.6. The number of ether oxygens (including phenoxy) is 2. The third kappa shape index (κ3) is 6.38. The number of anilines is 1. The van der Waals surface area contributed by atoms with E-state index in [9.17, 15) is 4.79 Å². The molecule has 6 rings (SSSR count). The number of para-hydroxylation sites is 2. The molecule has 2 saturated heterocycles. The van der Waals surface area contributed by atoms with Gasteiger partial charge in [-0.3, -0.25) is 9.80 Å². The molecular formula is C32H32N4O5. The Morgan fingerprint density at radius 1 is 0.902 bits per heavy atom. The summed E-state index contributed by atoms with van der Waals surface area (Å²) in [6.07, 6.45) is 4.80. The molecule has 0 radical (unpaired) electrons. The van der Waals surface area contributed by atoms with Gasteiger partial charge in [0.15, 0.2) is 0 Å². The Morgan fingerprint density at radius 2 is 1.56 bits per heavy atom. The van der Waals surface area contributed by atoms with Crippen molar-refractivity contribution >= 4 is 17.9 Å². The minimum atomic E-state index is -0.436. The molecule has 9 heteroatoms. The number of likely N-dealkylation sites (tertiary alicyclic amines) is 1. The van der Waals surface area contributed by atoms with Crippen LogP contribution in [0.25, 0.3) is 16.9 Å². The van der Waals surface area contributed by atoms with Gasteiger partial charge in [-0.2, -0.15) is 14.7 Å². The van der Waals surface area contributed by atoms with Crippen molar-refractivity contribution < 1.29 is 23.9 Å². The second-order valence-corrected chi connectivity index (χ2v) is 10.2. The van der Waals surface area contributed by atoms with Crippen molar-refractivity contribution in [2.45, 2.75) is 31.4 Å². The summed E-state index contributed by atoms with van der Waals surface area (Å²) in [6, 6.07) is 28.1. The molecule has 41 heavy (non-hydrogen) atoms. The number of hydrogen-bond acceptors (Lipinski definition) is 7. The standard InChI is InChI=1S/C31H32N4O3.CO2/c1-37-28-15-13-24(14-16-28)29-25(22-35(32-29)27-11-6-3-7-12-27)21-33-19-8-17-31(18-20-33)23-34(30(36)38-31)26-9-4-2-5-10-26;2-1-3/h2-7,9-16,22H,8,17-21,23H2,1H3;. The number of amides is 1. The molecule has 1 spiro atoms. The molecule has 1 aromatic heterocycles. The van der Waals surface area contributed by atoms with E-state index in [1.54, 1.807) is 12.0 Å². The summed E-state index contributed by atoms with van der Waals surface area (Å²) in [5, 5.41) is 4.99. The Labute approximate surface area is 238 Å². The summed E-state index contributed by atoms with van der Waals surface area (Å²) in [7, 11) is 1.68. The number of benzene rings is 3. The van der Waals surface area contributed by atoms with Gasteiger partial charge in [0.1, 0.15) is 11.4 Å². The smallest absolute Gasteiger partial charge is 0.415 e. The summed E-state index contributed by atoms with van der Waals surface area (Å²) < 4.78 is 13.4. The zero-order valence-electron chi connectivity index (χ0n) is 22.9. The van der Waals surface area contributed by atoms with Crippen LogP contribution in [0.15, 0.2) is 91.1 Å². The fourth-order valence-corrected chi connectivity index (χ4v) is 5.54. The van der Waals surface area contributed by atoms with E-state index in [1.165, 1.54) is 5.56 Å². The lowest BCUT2D eigenvalue weighted by atomic mass is 9.95. The second kappa shape index (κ2) is 12.6. The van der Waals surface area contributed by atoms with Gasteiger partial charge in [0.2, 0.25) is 0 Å². The molecule has 3 aromatic carbocycles. The van der Waals surface area contributed by atoms with E-state index in [2.05, 4.69) is 35.4 Å². The molecule has 9 nitrogen and oxygen atoms in total. The molecule has 1 atom stereocenters. The fraction of sp³-hybridized carbons (Fsp3) is 0.281. The fourth-order valence-electron chi connectivity index (χ4n) is 5.54. The normalized spacial score (nSPS) is 18.7. The van der Waals surface area contributed by atoms with E-state index < -0.39 is 5.60 Å². The molecule has 210 valence electrons. The van der Waals surface area contributed by atoms with Crippen LogP contribution in [0, 0.1) is 0 Å². The summed E-state index contributed by atoms with van der Waals surface area (Å²) >= 11 is 0. The molecule has 3 heterocycles. The monoisotopic (exact) mass is 552 g/mol. The van der Waals surface area contributed by atoms with Crippen LogP contribution in [0.1, 0.15) is 24.8 Å². The zero-order chi connectivity index (χ0) is 28.7. The molecule has 0 saturated carbocycles. The quantitative estimate of drug-likeness (QED) is 0.318. The molecule has 0 bridgehead atoms. The SMILES string of the molecule is COc1ccc(-c2nn(-c3ccccc3)cc2CN2CCCC3(CC2)CN(c2ccccc2)C(=O)O3)cc1.O=C=O. The van der Waals surface area contributed by atoms with Gasteiger partial charge in [0, 0.05) is 42.5 Å². The lowest BCUT2D eigenvalue weighted by Crippen LogP contribution is -2.36. The summed E-state index contributed by atoms with van der Waals surface area (Å²) in [5.41, 5.74) is 4.69. The molecule has 4 aromatic rings. The van der Waals surface area contributed by atoms with Crippen molar-refractivity contribution in [3.8, 4) is 22.7 Å². The molecule has 2 aliphatic rings. The summed E-state index contributed by atoms with van der Waals surface area (Å²) in [6.45, 7) is 3.19. The van der Waals surface area contributed by atoms with E-state index in [4.69, 9.17) is 24.2 Å². The Hall–Kier alpha value is -4.72. The first kappa shape index (κ1) is 27.8. The number of hydrogen-bond donors (Lipinski definition) is 0. The zero-order valence-corrected chi connectivity index (χ0v) is 22.9. The summed E-state index contributed by atoms with van der Waals surface area (Å²) in [4.78, 5) is 33.3. The van der Waals surface area contributed by atoms with Gasteiger partial charge in [0.25, 0.3) is 0 Å². The van der Waals surface area contributed by atoms with Crippen LogP contribution in [0.5, 0.6) is 5.75 Å². The van der Waals surface area contributed by atoms with Gasteiger partial charge in [-0.25, -0.2) is 9.48 Å². The second-order valence-electron chi connectivity index (χ2n) is 10.2. The highest BCUT2D eigenvalue weighted by atomic mass is 16.6. The van der Waals surface area contributed by atoms with Gasteiger partial charge in [-0.1, -0.05) is 36.4 Å². The predicted octanol–water partition coefficient (Wildman–Crippen LogP) is 5.35. The average molecular weight is 553 g/mol. The van der Waals surface area contributed by atoms with Crippen molar-refractivity contribution in [2.24, 2.45) is 0 Å². The Bertz CT molecular complexity index is 1480. The maximum Gasteiger partial charge on any atom is 0.415 e. The van der Waals surface area contributed by atoms with E-state index in [1.807, 2.05) is 65.3 Å². The minimum absolute atomic E-state index is 0.240. The highest BCUT2D eigenvalue weighted by Crippen LogP contribution is 2.36. The maximum absolute atomic E-state index is 12.8. The third-order valence-electron chi connectivity index (χ3n) is 7.60. The van der Waals surface area contributed by atoms with Crippen LogP contribution in [0.3, 0.4) is 0 Å². The molecule has 0 aliphatic carbocycles. The van der Waals surface area contributed by atoms with Crippen LogP contribution in [0.4, 0.5) is 10.5 Å². The molecule has 1 amide bonds. The Morgan fingerprint density at radius 3 is 2.22 bits per heavy atom. The average Bonchev–Trinajstić information content (AvgIpc) is 3.51. The van der Waals surface area contributed by atoms with Crippen molar-refractivity contribution in [3.63, 3.8) is 0 Å². The van der Waals surface area contributed by atoms with Crippen molar-refractivity contribution in [1.82, 2.24) is 14.7 Å². The van der Waals surface area contributed by atoms with Crippen molar-refractivity contribution in [1.29, 1.82) is 0 Å². The first-order valence-corrected chi connectivity index (χ1v) is 13.6. The topological polar surface area (TPSA) is 94.0 Å². The summed E-state index contributed by atoms with van der Waals surface area (Å²) in [5.74, 6) is 0.825. The number of carbonyl (C=O) groups excluding carboxylic acids is 3. The van der Waals surface area contributed by atoms with E-state index in [0.717, 1.165) is 67.3 Å². The molecule has 1 unspecified atom stereocenters. The number of aromatic nitrogens is 2. The highest BCUT2D eigenvalue weighted by Gasteiger charge is 2.46. The van der Waals surface area contributed by atoms with Crippen LogP contribution in [-0.2, 0) is 20.9 Å². The van der Waals surface area contributed by atoms with Crippen LogP contribution in [0.2, 0.25) is 0 Å². The molecule has 2 aliphatic heterocycles. The van der Waals surface area contributed by atoms with Crippen LogP contribution < -0.4 is 9.64 Å². The Kier molecular flexibility index (Phi) is 8.58. The molecule has 2 fully saturated rings. The number of methoxy groups -OCH3 is 1. The van der Waals surface area contributed by atoms with E-state index >= 15 is 0 Å². The Balaban J connectivity index is 0.00000108. The van der Waals surface area contributed by atoms with Gasteiger partial charge in [0.05, 0.1) is 25.0 Å². The van der Waals surface area contributed by atoms with Gasteiger partial charge in [-0.05, 0) is 67.9 Å². The van der Waals surface area contributed by atoms with Gasteiger partial charge in [-0.15, -0.1) is 0 Å². The predicted molar refractivity (Wildman–Crippen MR) is 153 cm³/mol. The molecule has 0 N–H and O–H groups in total. The largest absolute Gasteiger partial charge is 0.497 e. The van der Waals surface area contributed by atoms with Gasteiger partial charge >= 0.3 is 12.2 Å². The van der Waals surface area contributed by atoms with Crippen molar-refractivity contribution in [3.05, 3.63) is 96.7 Å². The highest BCUT2D eigenvalue weighted by molar-refractivity contribution is 5.90. The lowest BCUT2D eigenvalue weighted by Gasteiger charge is -2.25. The number of carbonyl (C=O) groups is 1. The van der Waals surface area contributed by atoms with E-state index in [0.29, 0.717) is 6.54 Å². The van der Waals surface area contributed by atoms with E-state index in [-0.39, 0.29) is 12.2 Å². The van der Waals surface area contributed by atoms with Crippen LogP contribution >= 0.6 is 0 Å². The lowest BCUT2D eigenvalue weighted by molar-refractivity contribution is -0.191. The van der Waals surface area contributed by atoms with Crippen molar-refractivity contribution in [2.75, 3.05) is 31.6 Å². The maximum atomic E-state index is 12.8. The third-order valence-corrected chi connectivity index (χ3v) is 7.60. The number of rotatable bonds is 6. The number of nitrogens with zero attached hydrogens (tertiary/aromatic N) is 4. The first-order chi connectivity index (χ1) is 20.0. The minimum Gasteiger partial charge on any atom is -0.497 e. The van der Waals surface area contributed by atoms with Gasteiger partial charge < -0.3 is 9.47 Å².